The topological polar surface area (TPSA) is 17.1 Å². The van der Waals surface area contributed by atoms with E-state index in [1.165, 1.54) is 10.8 Å². The molecule has 0 unspecified atom stereocenters. The van der Waals surface area contributed by atoms with Gasteiger partial charge in [-0.3, -0.25) is 4.79 Å². The van der Waals surface area contributed by atoms with E-state index in [1.54, 1.807) is 11.8 Å². The number of benzene rings is 2. The minimum absolute atomic E-state index is 0.246. The number of Topliss-reactive ketones (excluding diaryl/α,β-unsaturated/α-hetero) is 1. The van der Waals surface area contributed by atoms with Crippen LogP contribution in [0.2, 0.25) is 0 Å². The molecule has 2 aromatic rings. The van der Waals surface area contributed by atoms with Crippen molar-refractivity contribution < 1.29 is 4.79 Å². The number of carbonyl (C=O) groups is 1. The van der Waals surface area contributed by atoms with Crippen LogP contribution in [0.15, 0.2) is 47.4 Å². The maximum atomic E-state index is 11.9. The second kappa shape index (κ2) is 5.15. The average Bonchev–Trinajstić information content (AvgIpc) is 2.34. The van der Waals surface area contributed by atoms with Crippen molar-refractivity contribution in [1.29, 1.82) is 0 Å². The molecule has 0 aliphatic heterocycles. The van der Waals surface area contributed by atoms with Gasteiger partial charge in [0, 0.05) is 10.3 Å². The molecule has 2 rings (SSSR count). The fraction of sp³-hybridized carbons (Fsp3) is 0.312. The molecule has 0 amide bonds. The molecule has 0 spiro atoms. The van der Waals surface area contributed by atoms with Gasteiger partial charge in [-0.25, -0.2) is 0 Å². The van der Waals surface area contributed by atoms with Gasteiger partial charge in [0.05, 0.1) is 5.75 Å². The highest BCUT2D eigenvalue weighted by Gasteiger charge is 2.20. The van der Waals surface area contributed by atoms with Crippen LogP contribution in [0.3, 0.4) is 0 Å². The fourth-order valence-corrected chi connectivity index (χ4v) is 2.73. The predicted octanol–water partition coefficient (Wildman–Crippen LogP) is 4.55. The van der Waals surface area contributed by atoms with E-state index in [2.05, 4.69) is 30.3 Å². The molecule has 0 aliphatic carbocycles. The lowest BCUT2D eigenvalue weighted by molar-refractivity contribution is -0.123. The van der Waals surface area contributed by atoms with E-state index in [4.69, 9.17) is 0 Å². The summed E-state index contributed by atoms with van der Waals surface area (Å²) in [7, 11) is 0. The molecule has 0 heterocycles. The first kappa shape index (κ1) is 13.2. The Bertz CT molecular complexity index is 567. The van der Waals surface area contributed by atoms with Crippen molar-refractivity contribution in [1.82, 2.24) is 0 Å². The first-order chi connectivity index (χ1) is 8.47. The van der Waals surface area contributed by atoms with Gasteiger partial charge in [0.2, 0.25) is 0 Å². The van der Waals surface area contributed by atoms with E-state index >= 15 is 0 Å². The fourth-order valence-electron chi connectivity index (χ4n) is 1.62. The summed E-state index contributed by atoms with van der Waals surface area (Å²) in [6.45, 7) is 5.91. The highest BCUT2D eigenvalue weighted by Crippen LogP contribution is 2.26. The molecule has 0 atom stereocenters. The molecule has 0 fully saturated rings. The van der Waals surface area contributed by atoms with Crippen LogP contribution in [0.1, 0.15) is 20.8 Å². The van der Waals surface area contributed by atoms with Gasteiger partial charge in [-0.1, -0.05) is 51.1 Å². The first-order valence-electron chi connectivity index (χ1n) is 6.12. The van der Waals surface area contributed by atoms with Crippen LogP contribution in [-0.2, 0) is 4.79 Å². The summed E-state index contributed by atoms with van der Waals surface area (Å²) in [5.41, 5.74) is -0.246. The molecule has 0 saturated carbocycles. The van der Waals surface area contributed by atoms with Crippen LogP contribution >= 0.6 is 11.8 Å². The van der Waals surface area contributed by atoms with Crippen molar-refractivity contribution in [2.45, 2.75) is 25.7 Å². The maximum Gasteiger partial charge on any atom is 0.148 e. The van der Waals surface area contributed by atoms with Gasteiger partial charge < -0.3 is 0 Å². The lowest BCUT2D eigenvalue weighted by atomic mass is 9.92. The zero-order valence-electron chi connectivity index (χ0n) is 11.1. The molecule has 0 radical (unpaired) electrons. The number of fused-ring (bicyclic) bond motifs is 1. The third-order valence-corrected chi connectivity index (χ3v) is 3.92. The summed E-state index contributed by atoms with van der Waals surface area (Å²) < 4.78 is 0. The van der Waals surface area contributed by atoms with Crippen molar-refractivity contribution in [3.05, 3.63) is 42.5 Å². The molecule has 18 heavy (non-hydrogen) atoms. The van der Waals surface area contributed by atoms with Crippen LogP contribution in [-0.4, -0.2) is 11.5 Å². The SMILES string of the molecule is CC(C)(C)C(=O)CSc1ccc2ccccc2c1. The van der Waals surface area contributed by atoms with E-state index in [-0.39, 0.29) is 5.41 Å². The Morgan fingerprint density at radius 1 is 1.06 bits per heavy atom. The number of thioether (sulfide) groups is 1. The Labute approximate surface area is 113 Å². The first-order valence-corrected chi connectivity index (χ1v) is 7.10. The van der Waals surface area contributed by atoms with Crippen LogP contribution in [0.25, 0.3) is 10.8 Å². The maximum absolute atomic E-state index is 11.9. The van der Waals surface area contributed by atoms with Crippen LogP contribution in [0.5, 0.6) is 0 Å². The third-order valence-electron chi connectivity index (χ3n) is 2.93. The largest absolute Gasteiger partial charge is 0.298 e. The van der Waals surface area contributed by atoms with Crippen molar-refractivity contribution in [2.75, 3.05) is 5.75 Å². The zero-order valence-corrected chi connectivity index (χ0v) is 11.9. The van der Waals surface area contributed by atoms with Crippen LogP contribution in [0, 0.1) is 5.41 Å². The second-order valence-corrected chi connectivity index (χ2v) is 6.52. The lowest BCUT2D eigenvalue weighted by Crippen LogP contribution is -2.21. The molecular weight excluding hydrogens is 240 g/mol. The molecule has 0 saturated heterocycles. The Kier molecular flexibility index (Phi) is 3.76. The third kappa shape index (κ3) is 3.14. The van der Waals surface area contributed by atoms with E-state index < -0.39 is 0 Å². The molecule has 2 heteroatoms. The standard InChI is InChI=1S/C16H18OS/c1-16(2,3)15(17)11-18-14-9-8-12-6-4-5-7-13(12)10-14/h4-10H,11H2,1-3H3. The van der Waals surface area contributed by atoms with E-state index in [0.717, 1.165) is 4.90 Å². The summed E-state index contributed by atoms with van der Waals surface area (Å²) >= 11 is 1.62. The van der Waals surface area contributed by atoms with Crippen molar-refractivity contribution in [3.8, 4) is 0 Å². The summed E-state index contributed by atoms with van der Waals surface area (Å²) in [5.74, 6) is 0.836. The summed E-state index contributed by atoms with van der Waals surface area (Å²) in [4.78, 5) is 13.0. The average molecular weight is 258 g/mol. The van der Waals surface area contributed by atoms with Crippen LogP contribution in [0.4, 0.5) is 0 Å². The quantitative estimate of drug-likeness (QED) is 0.751. The summed E-state index contributed by atoms with van der Waals surface area (Å²) in [6, 6.07) is 14.6. The highest BCUT2D eigenvalue weighted by atomic mass is 32.2. The van der Waals surface area contributed by atoms with Crippen molar-refractivity contribution in [3.63, 3.8) is 0 Å². The number of rotatable bonds is 3. The molecule has 0 bridgehead atoms. The smallest absolute Gasteiger partial charge is 0.148 e. The van der Waals surface area contributed by atoms with Gasteiger partial charge >= 0.3 is 0 Å². The van der Waals surface area contributed by atoms with Gasteiger partial charge in [-0.05, 0) is 22.9 Å². The Morgan fingerprint density at radius 3 is 2.39 bits per heavy atom. The van der Waals surface area contributed by atoms with Gasteiger partial charge in [0.25, 0.3) is 0 Å². The molecule has 0 aliphatic rings. The van der Waals surface area contributed by atoms with E-state index in [9.17, 15) is 4.79 Å². The number of ketones is 1. The zero-order chi connectivity index (χ0) is 13.2. The van der Waals surface area contributed by atoms with Gasteiger partial charge in [0.15, 0.2) is 0 Å². The van der Waals surface area contributed by atoms with Crippen molar-refractivity contribution >= 4 is 28.3 Å². The molecule has 1 nitrogen and oxygen atoms in total. The number of hydrogen-bond acceptors (Lipinski definition) is 2. The lowest BCUT2D eigenvalue weighted by Gasteiger charge is -2.16. The second-order valence-electron chi connectivity index (χ2n) is 5.47. The van der Waals surface area contributed by atoms with Crippen LogP contribution < -0.4 is 0 Å². The molecular formula is C16H18OS. The van der Waals surface area contributed by atoms with Gasteiger partial charge in [0.1, 0.15) is 5.78 Å². The van der Waals surface area contributed by atoms with E-state index in [1.807, 2.05) is 32.9 Å². The molecule has 0 N–H and O–H groups in total. The highest BCUT2D eigenvalue weighted by molar-refractivity contribution is 8.00. The Hall–Kier alpha value is -1.28. The number of hydrogen-bond donors (Lipinski definition) is 0. The van der Waals surface area contributed by atoms with Gasteiger partial charge in [-0.2, -0.15) is 0 Å². The molecule has 94 valence electrons. The Balaban J connectivity index is 2.11. The van der Waals surface area contributed by atoms with Crippen molar-refractivity contribution in [2.24, 2.45) is 5.41 Å². The summed E-state index contributed by atoms with van der Waals surface area (Å²) in [5, 5.41) is 2.47. The normalized spacial score (nSPS) is 11.7. The number of carbonyl (C=O) groups excluding carboxylic acids is 1. The molecule has 0 aromatic heterocycles. The summed E-state index contributed by atoms with van der Waals surface area (Å²) in [6.07, 6.45) is 0. The minimum atomic E-state index is -0.246. The van der Waals surface area contributed by atoms with Gasteiger partial charge in [-0.15, -0.1) is 11.8 Å². The monoisotopic (exact) mass is 258 g/mol. The van der Waals surface area contributed by atoms with E-state index in [0.29, 0.717) is 11.5 Å². The predicted molar refractivity (Wildman–Crippen MR) is 79.1 cm³/mol. The minimum Gasteiger partial charge on any atom is -0.298 e. The Morgan fingerprint density at radius 2 is 1.72 bits per heavy atom. The molecule has 2 aromatic carbocycles.